The van der Waals surface area contributed by atoms with E-state index in [1.807, 2.05) is 12.1 Å². The number of anilines is 1. The van der Waals surface area contributed by atoms with Gasteiger partial charge in [0.2, 0.25) is 5.88 Å². The molecule has 1 aliphatic heterocycles. The van der Waals surface area contributed by atoms with E-state index in [0.717, 1.165) is 37.4 Å². The fourth-order valence-electron chi connectivity index (χ4n) is 4.05. The lowest BCUT2D eigenvalue weighted by atomic mass is 10.0. The number of pyridine rings is 2. The lowest BCUT2D eigenvalue weighted by Crippen LogP contribution is -2.44. The largest absolute Gasteiger partial charge is 0.494 e. The highest BCUT2D eigenvalue weighted by molar-refractivity contribution is 6.03. The van der Waals surface area contributed by atoms with Crippen molar-refractivity contribution in [1.82, 2.24) is 14.9 Å². The van der Waals surface area contributed by atoms with Gasteiger partial charge in [-0.25, -0.2) is 9.98 Å². The number of hydrogen-bond acceptors (Lipinski definition) is 8. The van der Waals surface area contributed by atoms with Crippen LogP contribution in [0.15, 0.2) is 63.1 Å². The second-order valence-electron chi connectivity index (χ2n) is 8.26. The zero-order valence-corrected chi connectivity index (χ0v) is 18.6. The first kappa shape index (κ1) is 21.6. The molecular formula is C25H23N5O4. The third-order valence-electron chi connectivity index (χ3n) is 6.04. The molecule has 1 saturated heterocycles. The summed E-state index contributed by atoms with van der Waals surface area (Å²) in [7, 11) is 2.11. The number of nitrogens with zero attached hydrogens (tertiary/aromatic N) is 4. The van der Waals surface area contributed by atoms with Crippen molar-refractivity contribution in [3.05, 3.63) is 70.5 Å². The first-order valence-electron chi connectivity index (χ1n) is 10.9. The van der Waals surface area contributed by atoms with E-state index in [2.05, 4.69) is 31.8 Å². The number of furan rings is 1. The van der Waals surface area contributed by atoms with Gasteiger partial charge in [0.1, 0.15) is 0 Å². The Bertz CT molecular complexity index is 1430. The molecule has 172 valence electrons. The zero-order chi connectivity index (χ0) is 23.7. The molecule has 1 fully saturated rings. The van der Waals surface area contributed by atoms with E-state index in [1.54, 1.807) is 30.5 Å². The molecule has 4 heterocycles. The van der Waals surface area contributed by atoms with E-state index in [4.69, 9.17) is 4.42 Å². The maximum Gasteiger partial charge on any atom is 0.258 e. The van der Waals surface area contributed by atoms with Crippen LogP contribution in [-0.2, 0) is 0 Å². The molecule has 3 aromatic heterocycles. The predicted octanol–water partition coefficient (Wildman–Crippen LogP) is 3.20. The summed E-state index contributed by atoms with van der Waals surface area (Å²) in [4.78, 5) is 39.2. The van der Waals surface area contributed by atoms with Gasteiger partial charge in [0.05, 0.1) is 23.7 Å². The Balaban J connectivity index is 1.47. The molecule has 1 aliphatic rings. The molecule has 34 heavy (non-hydrogen) atoms. The molecule has 9 nitrogen and oxygen atoms in total. The number of rotatable bonds is 5. The number of fused-ring (bicyclic) bond motifs is 1. The van der Waals surface area contributed by atoms with Crippen molar-refractivity contribution < 1.29 is 14.3 Å². The van der Waals surface area contributed by atoms with Crippen LogP contribution in [-0.4, -0.2) is 65.7 Å². The van der Waals surface area contributed by atoms with E-state index >= 15 is 0 Å². The molecule has 0 aliphatic carbocycles. The summed E-state index contributed by atoms with van der Waals surface area (Å²) in [5.41, 5.74) is 2.42. The summed E-state index contributed by atoms with van der Waals surface area (Å²) >= 11 is 0. The number of H-pyrrole nitrogens is 1. The van der Waals surface area contributed by atoms with Crippen LogP contribution in [0.1, 0.15) is 16.1 Å². The van der Waals surface area contributed by atoms with Crippen LogP contribution < -0.4 is 10.5 Å². The van der Waals surface area contributed by atoms with Crippen LogP contribution in [0.5, 0.6) is 5.88 Å². The molecule has 4 aromatic rings. The van der Waals surface area contributed by atoms with Gasteiger partial charge in [0.25, 0.3) is 5.56 Å². The SMILES string of the molecule is CN1CCN(c2ccc(N=Cc3c(O)[nH]c(=O)c4ccc(-c5coc(C=O)c5)cc34)nc2)CC1. The number of aromatic amines is 1. The molecule has 0 saturated carbocycles. The van der Waals surface area contributed by atoms with Crippen molar-refractivity contribution >= 4 is 34.8 Å². The van der Waals surface area contributed by atoms with Gasteiger partial charge in [-0.3, -0.25) is 14.6 Å². The van der Waals surface area contributed by atoms with Crippen LogP contribution in [0.3, 0.4) is 0 Å². The quantitative estimate of drug-likeness (QED) is 0.349. The van der Waals surface area contributed by atoms with Crippen LogP contribution >= 0.6 is 0 Å². The molecule has 1 aromatic carbocycles. The fourth-order valence-corrected chi connectivity index (χ4v) is 4.05. The minimum absolute atomic E-state index is 0.205. The Kier molecular flexibility index (Phi) is 5.69. The first-order chi connectivity index (χ1) is 16.5. The Hall–Kier alpha value is -4.24. The highest BCUT2D eigenvalue weighted by Crippen LogP contribution is 2.29. The smallest absolute Gasteiger partial charge is 0.258 e. The summed E-state index contributed by atoms with van der Waals surface area (Å²) in [6.45, 7) is 3.92. The van der Waals surface area contributed by atoms with E-state index in [9.17, 15) is 14.7 Å². The number of aldehydes is 1. The van der Waals surface area contributed by atoms with E-state index < -0.39 is 5.56 Å². The van der Waals surface area contributed by atoms with Gasteiger partial charge in [-0.1, -0.05) is 6.07 Å². The minimum atomic E-state index is -0.411. The average molecular weight is 457 g/mol. The number of carbonyl (C=O) groups is 1. The highest BCUT2D eigenvalue weighted by atomic mass is 16.3. The molecule has 5 rings (SSSR count). The predicted molar refractivity (Wildman–Crippen MR) is 131 cm³/mol. The summed E-state index contributed by atoms with van der Waals surface area (Å²) in [5, 5.41) is 11.4. The van der Waals surface area contributed by atoms with Crippen molar-refractivity contribution in [2.24, 2.45) is 4.99 Å². The maximum absolute atomic E-state index is 12.4. The summed E-state index contributed by atoms with van der Waals surface area (Å²) in [5.74, 6) is 0.406. The second kappa shape index (κ2) is 8.95. The van der Waals surface area contributed by atoms with Gasteiger partial charge in [-0.2, -0.15) is 0 Å². The molecule has 0 amide bonds. The van der Waals surface area contributed by atoms with Crippen molar-refractivity contribution in [3.63, 3.8) is 0 Å². The van der Waals surface area contributed by atoms with Gasteiger partial charge in [-0.05, 0) is 42.9 Å². The number of aromatic hydroxyl groups is 1. The molecule has 0 bridgehead atoms. The van der Waals surface area contributed by atoms with E-state index in [-0.39, 0.29) is 11.6 Å². The number of carbonyl (C=O) groups excluding carboxylic acids is 1. The lowest BCUT2D eigenvalue weighted by Gasteiger charge is -2.33. The molecule has 2 N–H and O–H groups in total. The topological polar surface area (TPSA) is 115 Å². The number of likely N-dealkylation sites (N-methyl/N-ethyl adjacent to an activating group) is 1. The van der Waals surface area contributed by atoms with Crippen molar-refractivity contribution in [2.45, 2.75) is 0 Å². The summed E-state index contributed by atoms with van der Waals surface area (Å²) in [6.07, 6.45) is 5.38. The third kappa shape index (κ3) is 4.20. The number of aromatic nitrogens is 2. The fraction of sp³-hybridized carbons (Fsp3) is 0.200. The summed E-state index contributed by atoms with van der Waals surface area (Å²) < 4.78 is 5.20. The van der Waals surface area contributed by atoms with E-state index in [1.165, 1.54) is 12.5 Å². The van der Waals surface area contributed by atoms with Crippen LogP contribution in [0.4, 0.5) is 11.5 Å². The number of nitrogens with one attached hydrogen (secondary N) is 1. The standard InChI is InChI=1S/C25H23N5O4/c1-29-6-8-30(9-7-29)18-3-5-23(26-12-18)27-13-22-21-11-16(17-10-19(14-31)34-15-17)2-4-20(21)24(32)28-25(22)33/h2-5,10-15H,6-9H2,1H3,(H2,28,32,33). The zero-order valence-electron chi connectivity index (χ0n) is 18.6. The molecule has 0 unspecified atom stereocenters. The number of hydrogen-bond donors (Lipinski definition) is 2. The van der Waals surface area contributed by atoms with Crippen LogP contribution in [0.2, 0.25) is 0 Å². The minimum Gasteiger partial charge on any atom is -0.494 e. The highest BCUT2D eigenvalue weighted by Gasteiger charge is 2.15. The summed E-state index contributed by atoms with van der Waals surface area (Å²) in [6, 6.07) is 10.6. The lowest BCUT2D eigenvalue weighted by molar-refractivity contribution is 0.110. The number of aliphatic imine (C=N–C) groups is 1. The van der Waals surface area contributed by atoms with Crippen molar-refractivity contribution in [2.75, 3.05) is 38.1 Å². The molecule has 0 radical (unpaired) electrons. The van der Waals surface area contributed by atoms with Gasteiger partial charge in [0.15, 0.2) is 17.9 Å². The molecular weight excluding hydrogens is 434 g/mol. The number of benzene rings is 1. The Morgan fingerprint density at radius 2 is 1.91 bits per heavy atom. The van der Waals surface area contributed by atoms with Crippen molar-refractivity contribution in [3.8, 4) is 17.0 Å². The Labute approximate surface area is 195 Å². The third-order valence-corrected chi connectivity index (χ3v) is 6.04. The Morgan fingerprint density at radius 1 is 1.09 bits per heavy atom. The molecule has 0 atom stereocenters. The van der Waals surface area contributed by atoms with Gasteiger partial charge in [-0.15, -0.1) is 0 Å². The first-order valence-corrected chi connectivity index (χ1v) is 10.9. The molecule has 9 heteroatoms. The Morgan fingerprint density at radius 3 is 2.62 bits per heavy atom. The number of piperazine rings is 1. The second-order valence-corrected chi connectivity index (χ2v) is 8.26. The van der Waals surface area contributed by atoms with Gasteiger partial charge in [0, 0.05) is 48.7 Å². The van der Waals surface area contributed by atoms with Crippen LogP contribution in [0.25, 0.3) is 21.9 Å². The van der Waals surface area contributed by atoms with E-state index in [0.29, 0.717) is 34.0 Å². The monoisotopic (exact) mass is 457 g/mol. The average Bonchev–Trinajstić information content (AvgIpc) is 3.34. The maximum atomic E-state index is 12.4. The van der Waals surface area contributed by atoms with Gasteiger partial charge < -0.3 is 19.3 Å². The van der Waals surface area contributed by atoms with Crippen molar-refractivity contribution in [1.29, 1.82) is 0 Å². The normalized spacial score (nSPS) is 14.8. The van der Waals surface area contributed by atoms with Gasteiger partial charge >= 0.3 is 0 Å². The van der Waals surface area contributed by atoms with Crippen LogP contribution in [0, 0.1) is 0 Å². The molecule has 0 spiro atoms.